The van der Waals surface area contributed by atoms with E-state index in [1.54, 1.807) is 17.4 Å². The molecule has 78 valence electrons. The zero-order valence-electron chi connectivity index (χ0n) is 8.41. The standard InChI is InChI=1S/C12H12FNS/c1-8-7-9(13)4-5-10(8)12(14)11-3-2-6-15-11/h2-7,12H,14H2,1H3. The Kier molecular flexibility index (Phi) is 2.84. The fourth-order valence-electron chi connectivity index (χ4n) is 1.61. The average Bonchev–Trinajstić information content (AvgIpc) is 2.69. The monoisotopic (exact) mass is 221 g/mol. The molecule has 1 heterocycles. The molecule has 1 aromatic heterocycles. The summed E-state index contributed by atoms with van der Waals surface area (Å²) in [5.41, 5.74) is 7.98. The highest BCUT2D eigenvalue weighted by atomic mass is 32.1. The fourth-order valence-corrected chi connectivity index (χ4v) is 2.35. The van der Waals surface area contributed by atoms with Gasteiger partial charge in [-0.2, -0.15) is 0 Å². The Morgan fingerprint density at radius 2 is 2.13 bits per heavy atom. The molecule has 2 aromatic rings. The molecule has 1 unspecified atom stereocenters. The third kappa shape index (κ3) is 2.08. The summed E-state index contributed by atoms with van der Waals surface area (Å²) < 4.78 is 12.9. The van der Waals surface area contributed by atoms with Crippen molar-refractivity contribution in [1.29, 1.82) is 0 Å². The van der Waals surface area contributed by atoms with Crippen molar-refractivity contribution in [2.45, 2.75) is 13.0 Å². The van der Waals surface area contributed by atoms with E-state index in [1.807, 2.05) is 24.4 Å². The summed E-state index contributed by atoms with van der Waals surface area (Å²) in [6.45, 7) is 1.88. The number of aryl methyl sites for hydroxylation is 1. The highest BCUT2D eigenvalue weighted by molar-refractivity contribution is 7.10. The van der Waals surface area contributed by atoms with E-state index in [0.29, 0.717) is 0 Å². The van der Waals surface area contributed by atoms with Gasteiger partial charge in [0.05, 0.1) is 6.04 Å². The molecule has 0 bridgehead atoms. The van der Waals surface area contributed by atoms with Gasteiger partial charge < -0.3 is 5.73 Å². The molecule has 0 spiro atoms. The Bertz CT molecular complexity index is 451. The predicted molar refractivity (Wildman–Crippen MR) is 61.5 cm³/mol. The number of hydrogen-bond acceptors (Lipinski definition) is 2. The topological polar surface area (TPSA) is 26.0 Å². The van der Waals surface area contributed by atoms with E-state index in [-0.39, 0.29) is 11.9 Å². The molecule has 0 radical (unpaired) electrons. The Hall–Kier alpha value is -1.19. The van der Waals surface area contributed by atoms with Crippen LogP contribution >= 0.6 is 11.3 Å². The largest absolute Gasteiger partial charge is 0.320 e. The molecule has 3 heteroatoms. The van der Waals surface area contributed by atoms with Crippen molar-refractivity contribution in [3.05, 3.63) is 57.5 Å². The maximum atomic E-state index is 12.9. The van der Waals surface area contributed by atoms with Crippen molar-refractivity contribution in [2.75, 3.05) is 0 Å². The molecule has 15 heavy (non-hydrogen) atoms. The number of nitrogens with two attached hydrogens (primary N) is 1. The lowest BCUT2D eigenvalue weighted by molar-refractivity contribution is 0.625. The molecule has 0 aliphatic rings. The third-order valence-electron chi connectivity index (χ3n) is 2.42. The smallest absolute Gasteiger partial charge is 0.123 e. The Balaban J connectivity index is 2.38. The molecule has 2 rings (SSSR count). The van der Waals surface area contributed by atoms with E-state index < -0.39 is 0 Å². The molecule has 1 nitrogen and oxygen atoms in total. The first-order chi connectivity index (χ1) is 7.18. The van der Waals surface area contributed by atoms with Crippen LogP contribution in [0, 0.1) is 12.7 Å². The van der Waals surface area contributed by atoms with Crippen LogP contribution in [0.15, 0.2) is 35.7 Å². The van der Waals surface area contributed by atoms with E-state index in [4.69, 9.17) is 5.73 Å². The van der Waals surface area contributed by atoms with E-state index in [9.17, 15) is 4.39 Å². The zero-order chi connectivity index (χ0) is 10.8. The van der Waals surface area contributed by atoms with Gasteiger partial charge in [0, 0.05) is 4.88 Å². The first-order valence-electron chi connectivity index (χ1n) is 4.73. The quantitative estimate of drug-likeness (QED) is 0.827. The summed E-state index contributed by atoms with van der Waals surface area (Å²) in [5, 5.41) is 1.99. The van der Waals surface area contributed by atoms with Gasteiger partial charge >= 0.3 is 0 Å². The minimum absolute atomic E-state index is 0.148. The van der Waals surface area contributed by atoms with Gasteiger partial charge in [-0.05, 0) is 41.6 Å². The summed E-state index contributed by atoms with van der Waals surface area (Å²) >= 11 is 1.62. The summed E-state index contributed by atoms with van der Waals surface area (Å²) in [6.07, 6.45) is 0. The minimum Gasteiger partial charge on any atom is -0.320 e. The van der Waals surface area contributed by atoms with E-state index in [2.05, 4.69) is 0 Å². The number of halogens is 1. The maximum Gasteiger partial charge on any atom is 0.123 e. The van der Waals surface area contributed by atoms with Crippen LogP contribution in [0.5, 0.6) is 0 Å². The maximum absolute atomic E-state index is 12.9. The molecule has 0 aliphatic carbocycles. The summed E-state index contributed by atoms with van der Waals surface area (Å²) in [7, 11) is 0. The Morgan fingerprint density at radius 3 is 2.73 bits per heavy atom. The molecule has 0 saturated heterocycles. The lowest BCUT2D eigenvalue weighted by Crippen LogP contribution is -2.11. The van der Waals surface area contributed by atoms with Crippen LogP contribution < -0.4 is 5.73 Å². The molecule has 2 N–H and O–H groups in total. The van der Waals surface area contributed by atoms with Crippen molar-refractivity contribution in [1.82, 2.24) is 0 Å². The molecule has 0 saturated carbocycles. The highest BCUT2D eigenvalue weighted by Gasteiger charge is 2.12. The van der Waals surface area contributed by atoms with E-state index in [0.717, 1.165) is 16.0 Å². The van der Waals surface area contributed by atoms with Gasteiger partial charge in [0.2, 0.25) is 0 Å². The van der Waals surface area contributed by atoms with Gasteiger partial charge in [-0.1, -0.05) is 12.1 Å². The van der Waals surface area contributed by atoms with Crippen LogP contribution in [-0.2, 0) is 0 Å². The number of thiophene rings is 1. The molecule has 1 aromatic carbocycles. The minimum atomic E-state index is -0.213. The van der Waals surface area contributed by atoms with Gasteiger partial charge in [-0.15, -0.1) is 11.3 Å². The van der Waals surface area contributed by atoms with Crippen molar-refractivity contribution in [3.8, 4) is 0 Å². The molecule has 1 atom stereocenters. The van der Waals surface area contributed by atoms with Crippen molar-refractivity contribution in [2.24, 2.45) is 5.73 Å². The SMILES string of the molecule is Cc1cc(F)ccc1C(N)c1cccs1. The normalized spacial score (nSPS) is 12.7. The van der Waals surface area contributed by atoms with Gasteiger partial charge in [0.25, 0.3) is 0 Å². The highest BCUT2D eigenvalue weighted by Crippen LogP contribution is 2.26. The lowest BCUT2D eigenvalue weighted by Gasteiger charge is -2.12. The molecule has 0 aliphatic heterocycles. The third-order valence-corrected chi connectivity index (χ3v) is 3.37. The first kappa shape index (κ1) is 10.3. The predicted octanol–water partition coefficient (Wildman–Crippen LogP) is 3.24. The fraction of sp³-hybridized carbons (Fsp3) is 0.167. The molecular formula is C12H12FNS. The van der Waals surface area contributed by atoms with Gasteiger partial charge in [0.15, 0.2) is 0 Å². The molecule has 0 amide bonds. The second-order valence-electron chi connectivity index (χ2n) is 3.49. The van der Waals surface area contributed by atoms with Crippen LogP contribution in [0.3, 0.4) is 0 Å². The summed E-state index contributed by atoms with van der Waals surface area (Å²) in [6, 6.07) is 8.55. The first-order valence-corrected chi connectivity index (χ1v) is 5.61. The zero-order valence-corrected chi connectivity index (χ0v) is 9.22. The summed E-state index contributed by atoms with van der Waals surface area (Å²) in [4.78, 5) is 1.10. The van der Waals surface area contributed by atoms with Crippen LogP contribution in [0.2, 0.25) is 0 Å². The number of hydrogen-bond donors (Lipinski definition) is 1. The van der Waals surface area contributed by atoms with Gasteiger partial charge in [-0.25, -0.2) is 4.39 Å². The lowest BCUT2D eigenvalue weighted by atomic mass is 10.0. The van der Waals surface area contributed by atoms with Crippen molar-refractivity contribution >= 4 is 11.3 Å². The van der Waals surface area contributed by atoms with Crippen LogP contribution in [0.4, 0.5) is 4.39 Å². The van der Waals surface area contributed by atoms with Crippen molar-refractivity contribution < 1.29 is 4.39 Å². The van der Waals surface area contributed by atoms with Crippen LogP contribution in [-0.4, -0.2) is 0 Å². The van der Waals surface area contributed by atoms with Crippen LogP contribution in [0.25, 0.3) is 0 Å². The van der Waals surface area contributed by atoms with E-state index in [1.165, 1.54) is 12.1 Å². The summed E-state index contributed by atoms with van der Waals surface area (Å²) in [5.74, 6) is -0.213. The van der Waals surface area contributed by atoms with Crippen molar-refractivity contribution in [3.63, 3.8) is 0 Å². The average molecular weight is 221 g/mol. The second kappa shape index (κ2) is 4.13. The molecule has 0 fully saturated rings. The van der Waals surface area contributed by atoms with E-state index >= 15 is 0 Å². The molecular weight excluding hydrogens is 209 g/mol. The van der Waals surface area contributed by atoms with Crippen LogP contribution in [0.1, 0.15) is 22.0 Å². The Morgan fingerprint density at radius 1 is 1.33 bits per heavy atom. The van der Waals surface area contributed by atoms with Gasteiger partial charge in [0.1, 0.15) is 5.82 Å². The number of benzene rings is 1. The number of rotatable bonds is 2. The second-order valence-corrected chi connectivity index (χ2v) is 4.47. The Labute approximate surface area is 92.4 Å². The van der Waals surface area contributed by atoms with Gasteiger partial charge in [-0.3, -0.25) is 0 Å².